The number of carbonyl (C=O) groups is 2. The predicted molar refractivity (Wildman–Crippen MR) is 169 cm³/mol. The number of carbonyl (C=O) groups excluding carboxylic acids is 2. The summed E-state index contributed by atoms with van der Waals surface area (Å²) in [5.74, 6) is -0.627. The molecule has 0 heterocycles. The standard InChI is InChI=1S/C34H43N3O4S/c1-4-29-15-11-12-18-31(29)37(42(3,40)41)25-33(38)36(24-28-21-19-26(2)20-22-28)32(23-27-13-7-5-8-14-27)34(39)35-30-16-9-6-10-17-30/h5,7-8,11-15,18-22,30,32H,4,6,9-10,16-17,23-25H2,1-3H3,(H,35,39)/t32-/m0/s1. The third kappa shape index (κ3) is 8.44. The van der Waals surface area contributed by atoms with Gasteiger partial charge in [-0.15, -0.1) is 0 Å². The van der Waals surface area contributed by atoms with E-state index in [1.165, 1.54) is 10.7 Å². The molecule has 0 aliphatic heterocycles. The Morgan fingerprint density at radius 1 is 0.881 bits per heavy atom. The molecule has 8 heteroatoms. The molecule has 1 N–H and O–H groups in total. The van der Waals surface area contributed by atoms with Gasteiger partial charge in [0, 0.05) is 19.0 Å². The third-order valence-electron chi connectivity index (χ3n) is 8.02. The van der Waals surface area contributed by atoms with Gasteiger partial charge in [0.1, 0.15) is 12.6 Å². The lowest BCUT2D eigenvalue weighted by Gasteiger charge is -2.35. The summed E-state index contributed by atoms with van der Waals surface area (Å²) in [6.45, 7) is 3.74. The largest absolute Gasteiger partial charge is 0.352 e. The summed E-state index contributed by atoms with van der Waals surface area (Å²) in [7, 11) is -3.80. The number of benzene rings is 3. The maximum absolute atomic E-state index is 14.3. The zero-order chi connectivity index (χ0) is 30.1. The summed E-state index contributed by atoms with van der Waals surface area (Å²) in [6, 6.07) is 24.0. The van der Waals surface area contributed by atoms with Crippen molar-refractivity contribution in [1.82, 2.24) is 10.2 Å². The first-order valence-corrected chi connectivity index (χ1v) is 16.8. The second-order valence-corrected chi connectivity index (χ2v) is 13.2. The molecule has 1 fully saturated rings. The van der Waals surface area contributed by atoms with E-state index in [9.17, 15) is 18.0 Å². The van der Waals surface area contributed by atoms with Crippen LogP contribution in [0.25, 0.3) is 0 Å². The van der Waals surface area contributed by atoms with Crippen LogP contribution in [0.2, 0.25) is 0 Å². The van der Waals surface area contributed by atoms with Crippen molar-refractivity contribution in [2.75, 3.05) is 17.1 Å². The highest BCUT2D eigenvalue weighted by atomic mass is 32.2. The molecule has 2 amide bonds. The fourth-order valence-corrected chi connectivity index (χ4v) is 6.52. The Bertz CT molecular complexity index is 1440. The van der Waals surface area contributed by atoms with Crippen LogP contribution >= 0.6 is 0 Å². The maximum atomic E-state index is 14.3. The fraction of sp³-hybridized carbons (Fsp3) is 0.412. The Hall–Kier alpha value is -3.65. The summed E-state index contributed by atoms with van der Waals surface area (Å²) >= 11 is 0. The van der Waals surface area contributed by atoms with Crippen molar-refractivity contribution in [3.63, 3.8) is 0 Å². The number of hydrogen-bond acceptors (Lipinski definition) is 4. The van der Waals surface area contributed by atoms with E-state index in [1.807, 2.05) is 80.6 Å². The van der Waals surface area contributed by atoms with E-state index in [4.69, 9.17) is 0 Å². The predicted octanol–water partition coefficient (Wildman–Crippen LogP) is 5.41. The average molecular weight is 590 g/mol. The average Bonchev–Trinajstić information content (AvgIpc) is 2.99. The summed E-state index contributed by atoms with van der Waals surface area (Å²) in [5, 5.41) is 3.24. The van der Waals surface area contributed by atoms with Gasteiger partial charge in [-0.05, 0) is 48.9 Å². The zero-order valence-corrected chi connectivity index (χ0v) is 25.8. The summed E-state index contributed by atoms with van der Waals surface area (Å²) in [5.41, 5.74) is 4.21. The molecule has 3 aromatic carbocycles. The van der Waals surface area contributed by atoms with Gasteiger partial charge in [0.2, 0.25) is 21.8 Å². The molecule has 1 atom stereocenters. The number of hydrogen-bond donors (Lipinski definition) is 1. The number of para-hydroxylation sites is 1. The molecular formula is C34H43N3O4S. The monoisotopic (exact) mass is 589 g/mol. The highest BCUT2D eigenvalue weighted by Crippen LogP contribution is 2.25. The molecule has 42 heavy (non-hydrogen) atoms. The molecule has 0 aromatic heterocycles. The lowest BCUT2D eigenvalue weighted by atomic mass is 9.94. The van der Waals surface area contributed by atoms with Gasteiger partial charge in [-0.3, -0.25) is 13.9 Å². The minimum atomic E-state index is -3.80. The summed E-state index contributed by atoms with van der Waals surface area (Å²) in [6.07, 6.45) is 7.20. The number of aryl methyl sites for hydroxylation is 2. The summed E-state index contributed by atoms with van der Waals surface area (Å²) in [4.78, 5) is 29.9. The van der Waals surface area contributed by atoms with Crippen LogP contribution in [-0.2, 0) is 39.0 Å². The zero-order valence-electron chi connectivity index (χ0n) is 25.0. The number of rotatable bonds is 12. The molecule has 0 bridgehead atoms. The van der Waals surface area contributed by atoms with Crippen LogP contribution in [0.1, 0.15) is 61.3 Å². The van der Waals surface area contributed by atoms with E-state index in [0.717, 1.165) is 54.2 Å². The Morgan fingerprint density at radius 3 is 2.17 bits per heavy atom. The number of nitrogens with one attached hydrogen (secondary N) is 1. The molecule has 0 radical (unpaired) electrons. The van der Waals surface area contributed by atoms with Gasteiger partial charge >= 0.3 is 0 Å². The van der Waals surface area contributed by atoms with Gasteiger partial charge < -0.3 is 10.2 Å². The Kier molecular flexibility index (Phi) is 10.8. The Morgan fingerprint density at radius 2 is 1.52 bits per heavy atom. The van der Waals surface area contributed by atoms with Crippen LogP contribution < -0.4 is 9.62 Å². The van der Waals surface area contributed by atoms with Crippen molar-refractivity contribution in [2.45, 2.75) is 77.4 Å². The molecule has 4 rings (SSSR count). The third-order valence-corrected chi connectivity index (χ3v) is 9.14. The topological polar surface area (TPSA) is 86.8 Å². The Labute approximate surface area is 251 Å². The number of sulfonamides is 1. The van der Waals surface area contributed by atoms with E-state index in [2.05, 4.69) is 5.32 Å². The van der Waals surface area contributed by atoms with Crippen LogP contribution in [-0.4, -0.2) is 50.0 Å². The van der Waals surface area contributed by atoms with Gasteiger partial charge in [-0.25, -0.2) is 8.42 Å². The molecule has 224 valence electrons. The van der Waals surface area contributed by atoms with E-state index >= 15 is 0 Å². The minimum absolute atomic E-state index is 0.0739. The van der Waals surface area contributed by atoms with Crippen molar-refractivity contribution in [3.8, 4) is 0 Å². The SMILES string of the molecule is CCc1ccccc1N(CC(=O)N(Cc1ccc(C)cc1)[C@@H](Cc1ccccc1)C(=O)NC1CCCCC1)S(C)(=O)=O. The van der Waals surface area contributed by atoms with Crippen LogP contribution in [0.5, 0.6) is 0 Å². The van der Waals surface area contributed by atoms with Crippen LogP contribution in [0.3, 0.4) is 0 Å². The van der Waals surface area contributed by atoms with E-state index in [1.54, 1.807) is 17.0 Å². The van der Waals surface area contributed by atoms with Gasteiger partial charge in [-0.1, -0.05) is 105 Å². The first kappa shape index (κ1) is 31.3. The van der Waals surface area contributed by atoms with Crippen molar-refractivity contribution in [2.24, 2.45) is 0 Å². The molecule has 1 saturated carbocycles. The van der Waals surface area contributed by atoms with Gasteiger partial charge in [-0.2, -0.15) is 0 Å². The smallest absolute Gasteiger partial charge is 0.244 e. The Balaban J connectivity index is 1.73. The molecule has 7 nitrogen and oxygen atoms in total. The molecule has 0 saturated heterocycles. The van der Waals surface area contributed by atoms with Crippen LogP contribution in [0.15, 0.2) is 78.9 Å². The van der Waals surface area contributed by atoms with E-state index in [-0.39, 0.29) is 18.5 Å². The molecule has 0 unspecified atom stereocenters. The lowest BCUT2D eigenvalue weighted by Crippen LogP contribution is -2.55. The first-order chi connectivity index (χ1) is 20.2. The summed E-state index contributed by atoms with van der Waals surface area (Å²) < 4.78 is 27.4. The highest BCUT2D eigenvalue weighted by molar-refractivity contribution is 7.92. The maximum Gasteiger partial charge on any atom is 0.244 e. The number of amides is 2. The van der Waals surface area contributed by atoms with E-state index in [0.29, 0.717) is 18.5 Å². The highest BCUT2D eigenvalue weighted by Gasteiger charge is 2.34. The van der Waals surface area contributed by atoms with E-state index < -0.39 is 28.5 Å². The normalized spacial score (nSPS) is 14.6. The van der Waals surface area contributed by atoms with Crippen molar-refractivity contribution in [1.29, 1.82) is 0 Å². The van der Waals surface area contributed by atoms with Crippen molar-refractivity contribution in [3.05, 3.63) is 101 Å². The second kappa shape index (κ2) is 14.5. The van der Waals surface area contributed by atoms with Gasteiger partial charge in [0.25, 0.3) is 0 Å². The van der Waals surface area contributed by atoms with Gasteiger partial charge in [0.05, 0.1) is 11.9 Å². The second-order valence-electron chi connectivity index (χ2n) is 11.3. The molecule has 0 spiro atoms. The number of anilines is 1. The molecule has 1 aliphatic carbocycles. The molecular weight excluding hydrogens is 546 g/mol. The number of nitrogens with zero attached hydrogens (tertiary/aromatic N) is 2. The minimum Gasteiger partial charge on any atom is -0.352 e. The quantitative estimate of drug-likeness (QED) is 0.306. The van der Waals surface area contributed by atoms with Crippen LogP contribution in [0, 0.1) is 6.92 Å². The molecule has 1 aliphatic rings. The van der Waals surface area contributed by atoms with Crippen molar-refractivity contribution < 1.29 is 18.0 Å². The lowest BCUT2D eigenvalue weighted by molar-refractivity contribution is -0.140. The van der Waals surface area contributed by atoms with Crippen molar-refractivity contribution >= 4 is 27.5 Å². The first-order valence-electron chi connectivity index (χ1n) is 14.9. The van der Waals surface area contributed by atoms with Crippen LogP contribution in [0.4, 0.5) is 5.69 Å². The fourth-order valence-electron chi connectivity index (χ4n) is 5.64. The van der Waals surface area contributed by atoms with Gasteiger partial charge in [0.15, 0.2) is 0 Å². The molecule has 3 aromatic rings.